The minimum absolute atomic E-state index is 0.162. The van der Waals surface area contributed by atoms with Crippen LogP contribution in [0.5, 0.6) is 0 Å². The summed E-state index contributed by atoms with van der Waals surface area (Å²) >= 11 is 0. The first-order valence-corrected chi connectivity index (χ1v) is 15.8. The quantitative estimate of drug-likeness (QED) is 0.0897. The molecule has 2 saturated heterocycles. The third-order valence-corrected chi connectivity index (χ3v) is 10.2. The van der Waals surface area contributed by atoms with Gasteiger partial charge >= 0.3 is 5.97 Å². The zero-order chi connectivity index (χ0) is 30.8. The lowest BCUT2D eigenvalue weighted by Gasteiger charge is -2.48. The number of hydrogen-bond acceptors (Lipinski definition) is 12. The molecule has 0 radical (unpaired) electrons. The van der Waals surface area contributed by atoms with E-state index in [1.54, 1.807) is 6.08 Å². The Morgan fingerprint density at radius 3 is 2.23 bits per heavy atom. The van der Waals surface area contributed by atoms with Crippen LogP contribution >= 0.6 is 0 Å². The van der Waals surface area contributed by atoms with Crippen molar-refractivity contribution in [2.24, 2.45) is 17.8 Å². The van der Waals surface area contributed by atoms with Gasteiger partial charge in [0, 0.05) is 24.8 Å². The summed E-state index contributed by atoms with van der Waals surface area (Å²) in [6, 6.07) is 0. The summed E-state index contributed by atoms with van der Waals surface area (Å²) < 4.78 is 22.3. The summed E-state index contributed by atoms with van der Waals surface area (Å²) in [6.45, 7) is -0.399. The van der Waals surface area contributed by atoms with Crippen LogP contribution in [0, 0.1) is 17.8 Å². The largest absolute Gasteiger partial charge is 0.460 e. The van der Waals surface area contributed by atoms with Crippen LogP contribution in [0.2, 0.25) is 0 Å². The minimum Gasteiger partial charge on any atom is -0.460 e. The molecule has 3 aliphatic carbocycles. The van der Waals surface area contributed by atoms with Crippen molar-refractivity contribution >= 4 is 5.97 Å². The smallest absolute Gasteiger partial charge is 0.330 e. The van der Waals surface area contributed by atoms with Gasteiger partial charge in [0.15, 0.2) is 18.5 Å². The van der Waals surface area contributed by atoms with Crippen LogP contribution in [-0.4, -0.2) is 138 Å². The van der Waals surface area contributed by atoms with Gasteiger partial charge in [-0.15, -0.1) is 0 Å². The van der Waals surface area contributed by atoms with Gasteiger partial charge in [-0.05, 0) is 57.3 Å². The molecule has 5 fully saturated rings. The van der Waals surface area contributed by atoms with Gasteiger partial charge < -0.3 is 59.8 Å². The standard InChI is InChI=1S/C30H48O13/c31-16-5-1-14(2-6-16)3-8-25(36)40-13-24-26(37)27(38)28(39)30(43-24)42-23-12-18-20(34)10-17(32)11-22(18)41-29(23)15-4-7-19(33)21(35)9-15/h3,8,14-24,26-35,37-39H,1-2,4-7,9-13H2/p+1. The lowest BCUT2D eigenvalue weighted by Crippen LogP contribution is -2.63. The molecule has 14 unspecified atom stereocenters. The van der Waals surface area contributed by atoms with Crippen LogP contribution in [0.25, 0.3) is 0 Å². The van der Waals surface area contributed by atoms with Crippen LogP contribution in [0.15, 0.2) is 12.2 Å². The van der Waals surface area contributed by atoms with Gasteiger partial charge in [0.1, 0.15) is 37.1 Å². The lowest BCUT2D eigenvalue weighted by molar-refractivity contribution is -0.356. The summed E-state index contributed by atoms with van der Waals surface area (Å²) in [6.07, 6.45) is -4.42. The van der Waals surface area contributed by atoms with Crippen molar-refractivity contribution in [2.75, 3.05) is 6.61 Å². The van der Waals surface area contributed by atoms with E-state index in [9.17, 15) is 45.6 Å². The Hall–Kier alpha value is -1.23. The van der Waals surface area contributed by atoms with E-state index in [-0.39, 0.29) is 42.8 Å². The Labute approximate surface area is 251 Å². The molecular formula is C30H49O13+. The van der Waals surface area contributed by atoms with Crippen LogP contribution in [0.1, 0.15) is 64.2 Å². The third kappa shape index (κ3) is 7.95. The van der Waals surface area contributed by atoms with Crippen LogP contribution in [0.3, 0.4) is 0 Å². The summed E-state index contributed by atoms with van der Waals surface area (Å²) in [5.41, 5.74) is 0. The van der Waals surface area contributed by atoms with Crippen molar-refractivity contribution in [1.82, 2.24) is 0 Å². The molecule has 0 aromatic carbocycles. The van der Waals surface area contributed by atoms with E-state index >= 15 is 0 Å². The average Bonchev–Trinajstić information content (AvgIpc) is 2.98. The van der Waals surface area contributed by atoms with E-state index in [0.717, 1.165) is 12.8 Å². The molecule has 0 bridgehead atoms. The third-order valence-electron chi connectivity index (χ3n) is 10.2. The number of allylic oxidation sites excluding steroid dienone is 1. The fraction of sp³-hybridized carbons (Fsp3) is 0.900. The zero-order valence-electron chi connectivity index (χ0n) is 24.3. The van der Waals surface area contributed by atoms with Gasteiger partial charge in [0.05, 0.1) is 36.4 Å². The topological polar surface area (TPSA) is 219 Å². The number of carbonyl (C=O) groups is 1. The number of rotatable bonds is 7. The monoisotopic (exact) mass is 617 g/mol. The highest BCUT2D eigenvalue weighted by molar-refractivity contribution is 5.81. The Morgan fingerprint density at radius 1 is 0.767 bits per heavy atom. The lowest BCUT2D eigenvalue weighted by atomic mass is 9.72. The van der Waals surface area contributed by atoms with E-state index in [0.29, 0.717) is 38.5 Å². The maximum Gasteiger partial charge on any atom is 0.330 e. The summed E-state index contributed by atoms with van der Waals surface area (Å²) in [5.74, 6) is -0.970. The first-order chi connectivity index (χ1) is 20.5. The first-order valence-electron chi connectivity index (χ1n) is 15.8. The molecule has 0 aromatic heterocycles. The summed E-state index contributed by atoms with van der Waals surface area (Å²) in [5, 5.41) is 83.1. The van der Waals surface area contributed by atoms with Crippen molar-refractivity contribution < 1.29 is 64.6 Å². The van der Waals surface area contributed by atoms with Gasteiger partial charge in [0.2, 0.25) is 0 Å². The maximum absolute atomic E-state index is 12.4. The normalized spacial score (nSPS) is 49.4. The van der Waals surface area contributed by atoms with Crippen molar-refractivity contribution in [3.8, 4) is 0 Å². The number of aliphatic hydroxyl groups excluding tert-OH is 8. The van der Waals surface area contributed by atoms with Gasteiger partial charge in [-0.2, -0.15) is 0 Å². The fourth-order valence-corrected chi connectivity index (χ4v) is 7.56. The molecule has 9 N–H and O–H groups in total. The molecule has 2 heterocycles. The average molecular weight is 618 g/mol. The van der Waals surface area contributed by atoms with Gasteiger partial charge in [-0.3, -0.25) is 0 Å². The number of aliphatic hydroxyl groups is 10. The Kier molecular flexibility index (Phi) is 11.1. The van der Waals surface area contributed by atoms with E-state index < -0.39 is 79.9 Å². The van der Waals surface area contributed by atoms with Crippen molar-refractivity contribution in [1.29, 1.82) is 0 Å². The molecule has 5 rings (SSSR count). The highest BCUT2D eigenvalue weighted by atomic mass is 16.7. The highest BCUT2D eigenvalue weighted by Gasteiger charge is 2.54. The molecule has 0 amide bonds. The Balaban J connectivity index is 1.24. The number of hydrogen-bond donors (Lipinski definition) is 8. The van der Waals surface area contributed by atoms with Crippen LogP contribution in [-0.2, 0) is 19.0 Å². The van der Waals surface area contributed by atoms with E-state index in [2.05, 4.69) is 0 Å². The number of esters is 1. The number of ether oxygens (including phenoxy) is 4. The van der Waals surface area contributed by atoms with Gasteiger partial charge in [-0.1, -0.05) is 6.08 Å². The van der Waals surface area contributed by atoms with E-state index in [4.69, 9.17) is 18.9 Å². The highest BCUT2D eigenvalue weighted by Crippen LogP contribution is 2.42. The Morgan fingerprint density at radius 2 is 1.51 bits per heavy atom. The molecular weight excluding hydrogens is 568 g/mol. The van der Waals surface area contributed by atoms with Crippen molar-refractivity contribution in [3.63, 3.8) is 0 Å². The molecule has 13 heteroatoms. The predicted octanol–water partition coefficient (Wildman–Crippen LogP) is -1.85. The second-order valence-corrected chi connectivity index (χ2v) is 13.3. The molecule has 0 spiro atoms. The molecule has 2 aliphatic heterocycles. The molecule has 13 nitrogen and oxygen atoms in total. The second-order valence-electron chi connectivity index (χ2n) is 13.3. The zero-order valence-corrected chi connectivity index (χ0v) is 24.3. The van der Waals surface area contributed by atoms with Crippen molar-refractivity contribution in [2.45, 2.75) is 144 Å². The molecule has 43 heavy (non-hydrogen) atoms. The number of carbonyl (C=O) groups excluding carboxylic acids is 1. The maximum atomic E-state index is 12.4. The molecule has 246 valence electrons. The molecule has 3 saturated carbocycles. The minimum atomic E-state index is -1.65. The summed E-state index contributed by atoms with van der Waals surface area (Å²) in [4.78, 5) is 12.4. The van der Waals surface area contributed by atoms with Crippen LogP contribution < -0.4 is 0 Å². The second kappa shape index (κ2) is 14.5. The Bertz CT molecular complexity index is 941. The molecule has 14 atom stereocenters. The van der Waals surface area contributed by atoms with Crippen molar-refractivity contribution in [3.05, 3.63) is 12.2 Å². The van der Waals surface area contributed by atoms with Gasteiger partial charge in [0.25, 0.3) is 0 Å². The van der Waals surface area contributed by atoms with Gasteiger partial charge in [-0.25, -0.2) is 4.79 Å². The first kappa shape index (κ1) is 33.1. The summed E-state index contributed by atoms with van der Waals surface area (Å²) in [7, 11) is 0. The predicted molar refractivity (Wildman–Crippen MR) is 148 cm³/mol. The SMILES string of the molecule is O=C(C=CC1CCC(O)CC1)OCC1OC(OC2CC3C(O)CC(O)CC3[OH+]C2C2CCC(O)C(O)C2)C(O)C(O)C1O. The number of fused-ring (bicyclic) bond motifs is 1. The molecule has 0 aromatic rings. The van der Waals surface area contributed by atoms with E-state index in [1.807, 2.05) is 0 Å². The molecule has 5 aliphatic rings. The van der Waals surface area contributed by atoms with E-state index in [1.165, 1.54) is 6.08 Å². The fourth-order valence-electron chi connectivity index (χ4n) is 7.56. The van der Waals surface area contributed by atoms with Crippen LogP contribution in [0.4, 0.5) is 0 Å².